The van der Waals surface area contributed by atoms with E-state index >= 15 is 0 Å². The van der Waals surface area contributed by atoms with E-state index in [9.17, 15) is 14.9 Å². The van der Waals surface area contributed by atoms with Gasteiger partial charge in [0.1, 0.15) is 17.4 Å². The molecule has 7 heteroatoms. The fourth-order valence-corrected chi connectivity index (χ4v) is 2.45. The molecule has 0 saturated heterocycles. The maximum atomic E-state index is 12.0. The maximum absolute atomic E-state index is 12.0. The highest BCUT2D eigenvalue weighted by atomic mass is 35.5. The number of hydrogen-bond donors (Lipinski definition) is 1. The van der Waals surface area contributed by atoms with Crippen LogP contribution in [0.15, 0.2) is 54.1 Å². The molecule has 0 saturated carbocycles. The van der Waals surface area contributed by atoms with E-state index < -0.39 is 18.5 Å². The van der Waals surface area contributed by atoms with Crippen LogP contribution in [0, 0.1) is 11.3 Å². The van der Waals surface area contributed by atoms with E-state index in [0.717, 1.165) is 5.56 Å². The number of nitrogens with zero attached hydrogens (tertiary/aromatic N) is 1. The smallest absolute Gasteiger partial charge is 0.349 e. The summed E-state index contributed by atoms with van der Waals surface area (Å²) < 4.78 is 10.2. The molecule has 0 aromatic heterocycles. The largest absolute Gasteiger partial charge is 0.494 e. The van der Waals surface area contributed by atoms with Crippen LogP contribution in [0.3, 0.4) is 0 Å². The first-order valence-electron chi connectivity index (χ1n) is 8.54. The number of amides is 1. The molecule has 0 atom stereocenters. The van der Waals surface area contributed by atoms with E-state index in [1.165, 1.54) is 6.08 Å². The summed E-state index contributed by atoms with van der Waals surface area (Å²) in [5.74, 6) is -0.655. The molecule has 2 aromatic rings. The third-order valence-electron chi connectivity index (χ3n) is 3.56. The van der Waals surface area contributed by atoms with Gasteiger partial charge in [-0.05, 0) is 48.4 Å². The van der Waals surface area contributed by atoms with Gasteiger partial charge in [-0.2, -0.15) is 5.26 Å². The van der Waals surface area contributed by atoms with Crippen molar-refractivity contribution < 1.29 is 19.1 Å². The number of nitrogens with one attached hydrogen (secondary N) is 1. The highest BCUT2D eigenvalue weighted by molar-refractivity contribution is 6.30. The molecule has 1 N–H and O–H groups in total. The number of ether oxygens (including phenoxy) is 2. The molecular formula is C21H19ClN2O4. The lowest BCUT2D eigenvalue weighted by atomic mass is 10.1. The first-order chi connectivity index (χ1) is 13.5. The minimum absolute atomic E-state index is 0.202. The summed E-state index contributed by atoms with van der Waals surface area (Å²) >= 11 is 5.88. The number of halogens is 1. The average Bonchev–Trinajstić information content (AvgIpc) is 2.70. The predicted molar refractivity (Wildman–Crippen MR) is 105 cm³/mol. The maximum Gasteiger partial charge on any atom is 0.349 e. The molecule has 6 nitrogen and oxygen atoms in total. The molecule has 0 unspecified atom stereocenters. The summed E-state index contributed by atoms with van der Waals surface area (Å²) in [6.45, 7) is 2.19. The summed E-state index contributed by atoms with van der Waals surface area (Å²) in [5.41, 5.74) is 1.26. The topological polar surface area (TPSA) is 88.4 Å². The number of benzene rings is 2. The number of esters is 1. The second kappa shape index (κ2) is 10.8. The van der Waals surface area contributed by atoms with Crippen molar-refractivity contribution in [1.82, 2.24) is 5.32 Å². The average molecular weight is 399 g/mol. The van der Waals surface area contributed by atoms with Crippen molar-refractivity contribution in [1.29, 1.82) is 5.26 Å². The van der Waals surface area contributed by atoms with Crippen LogP contribution >= 0.6 is 11.6 Å². The predicted octanol–water partition coefficient (Wildman–Crippen LogP) is 3.51. The van der Waals surface area contributed by atoms with E-state index in [-0.39, 0.29) is 12.1 Å². The van der Waals surface area contributed by atoms with Gasteiger partial charge in [-0.3, -0.25) is 4.79 Å². The molecule has 0 heterocycles. The summed E-state index contributed by atoms with van der Waals surface area (Å²) in [7, 11) is 0. The Bertz CT molecular complexity index is 901. The summed E-state index contributed by atoms with van der Waals surface area (Å²) in [6.07, 6.45) is 1.39. The van der Waals surface area contributed by atoms with Gasteiger partial charge in [0.25, 0.3) is 5.91 Å². The lowest BCUT2D eigenvalue weighted by Gasteiger charge is -2.07. The van der Waals surface area contributed by atoms with Crippen LogP contribution < -0.4 is 10.1 Å². The molecule has 0 radical (unpaired) electrons. The van der Waals surface area contributed by atoms with Gasteiger partial charge in [0, 0.05) is 11.6 Å². The Hall–Kier alpha value is -3.30. The number of rotatable bonds is 8. The Morgan fingerprint density at radius 3 is 2.61 bits per heavy atom. The molecule has 0 bridgehead atoms. The SMILES string of the molecule is CCOc1ccc(/C=C(\C#N)C(=O)OCC(=O)NCc2cccc(Cl)c2)cc1. The molecule has 0 aliphatic heterocycles. The van der Waals surface area contributed by atoms with Gasteiger partial charge < -0.3 is 14.8 Å². The Balaban J connectivity index is 1.87. The third-order valence-corrected chi connectivity index (χ3v) is 3.79. The zero-order valence-electron chi connectivity index (χ0n) is 15.3. The van der Waals surface area contributed by atoms with Crippen LogP contribution in [0.5, 0.6) is 5.75 Å². The molecule has 144 valence electrons. The minimum Gasteiger partial charge on any atom is -0.494 e. The first kappa shape index (κ1) is 21.0. The van der Waals surface area contributed by atoms with E-state index in [1.54, 1.807) is 48.5 Å². The van der Waals surface area contributed by atoms with Gasteiger partial charge in [0.2, 0.25) is 0 Å². The number of carbonyl (C=O) groups excluding carboxylic acids is 2. The van der Waals surface area contributed by atoms with Crippen molar-refractivity contribution in [3.63, 3.8) is 0 Å². The van der Waals surface area contributed by atoms with Crippen molar-refractivity contribution in [2.75, 3.05) is 13.2 Å². The van der Waals surface area contributed by atoms with Gasteiger partial charge in [0.05, 0.1) is 6.61 Å². The lowest BCUT2D eigenvalue weighted by molar-refractivity contribution is -0.144. The van der Waals surface area contributed by atoms with Crippen LogP contribution in [-0.2, 0) is 20.9 Å². The van der Waals surface area contributed by atoms with Crippen molar-refractivity contribution >= 4 is 29.6 Å². The zero-order valence-corrected chi connectivity index (χ0v) is 16.0. The highest BCUT2D eigenvalue weighted by Gasteiger charge is 2.13. The fourth-order valence-electron chi connectivity index (χ4n) is 2.24. The van der Waals surface area contributed by atoms with Crippen LogP contribution in [0.2, 0.25) is 5.02 Å². The minimum atomic E-state index is -0.866. The zero-order chi connectivity index (χ0) is 20.4. The monoisotopic (exact) mass is 398 g/mol. The second-order valence-electron chi connectivity index (χ2n) is 5.65. The molecule has 28 heavy (non-hydrogen) atoms. The quantitative estimate of drug-likeness (QED) is 0.417. The Labute approximate surface area is 168 Å². The lowest BCUT2D eigenvalue weighted by Crippen LogP contribution is -2.28. The van der Waals surface area contributed by atoms with Crippen molar-refractivity contribution in [2.45, 2.75) is 13.5 Å². The molecule has 0 spiro atoms. The molecule has 2 rings (SSSR count). The van der Waals surface area contributed by atoms with Crippen molar-refractivity contribution in [2.24, 2.45) is 0 Å². The number of carbonyl (C=O) groups is 2. The summed E-state index contributed by atoms with van der Waals surface area (Å²) in [4.78, 5) is 23.9. The van der Waals surface area contributed by atoms with Crippen LogP contribution in [-0.4, -0.2) is 25.1 Å². The van der Waals surface area contributed by atoms with E-state index in [4.69, 9.17) is 21.1 Å². The summed E-state index contributed by atoms with van der Waals surface area (Å²) in [6, 6.07) is 15.7. The standard InChI is InChI=1S/C21H19ClN2O4/c1-2-27-19-8-6-15(7-9-19)10-17(12-23)21(26)28-14-20(25)24-13-16-4-3-5-18(22)11-16/h3-11H,2,13-14H2,1H3,(H,24,25)/b17-10+. The fraction of sp³-hybridized carbons (Fsp3) is 0.190. The second-order valence-corrected chi connectivity index (χ2v) is 6.09. The number of hydrogen-bond acceptors (Lipinski definition) is 5. The first-order valence-corrected chi connectivity index (χ1v) is 8.92. The van der Waals surface area contributed by atoms with E-state index in [1.807, 2.05) is 13.0 Å². The van der Waals surface area contributed by atoms with Gasteiger partial charge in [0.15, 0.2) is 6.61 Å². The van der Waals surface area contributed by atoms with Gasteiger partial charge in [-0.15, -0.1) is 0 Å². The van der Waals surface area contributed by atoms with E-state index in [2.05, 4.69) is 5.32 Å². The Morgan fingerprint density at radius 1 is 1.21 bits per heavy atom. The van der Waals surface area contributed by atoms with Crippen molar-refractivity contribution in [3.05, 3.63) is 70.3 Å². The molecule has 0 fully saturated rings. The molecule has 2 aromatic carbocycles. The Kier molecular flexibility index (Phi) is 8.07. The highest BCUT2D eigenvalue weighted by Crippen LogP contribution is 2.15. The molecular weight excluding hydrogens is 380 g/mol. The van der Waals surface area contributed by atoms with Crippen LogP contribution in [0.4, 0.5) is 0 Å². The summed E-state index contributed by atoms with van der Waals surface area (Å²) in [5, 5.41) is 12.4. The van der Waals surface area contributed by atoms with Crippen LogP contribution in [0.1, 0.15) is 18.1 Å². The third kappa shape index (κ3) is 6.78. The van der Waals surface area contributed by atoms with Crippen LogP contribution in [0.25, 0.3) is 6.08 Å². The Morgan fingerprint density at radius 2 is 1.96 bits per heavy atom. The van der Waals surface area contributed by atoms with E-state index in [0.29, 0.717) is 22.9 Å². The molecule has 0 aliphatic carbocycles. The van der Waals surface area contributed by atoms with Gasteiger partial charge >= 0.3 is 5.97 Å². The number of nitriles is 1. The van der Waals surface area contributed by atoms with Crippen molar-refractivity contribution in [3.8, 4) is 11.8 Å². The van der Waals surface area contributed by atoms with Gasteiger partial charge in [-0.1, -0.05) is 35.9 Å². The molecule has 0 aliphatic rings. The van der Waals surface area contributed by atoms with Gasteiger partial charge in [-0.25, -0.2) is 4.79 Å². The normalized spacial score (nSPS) is 10.7. The molecule has 1 amide bonds.